The standard InChI is InChI=1S/C11H14N4O/c1-8-9(3-2-4-13-8)10-7-11(12)15(14-10)5-6-16/h2-4,7,16H,5-6,12H2,1H3. The van der Waals surface area contributed by atoms with Gasteiger partial charge in [-0.3, -0.25) is 4.98 Å². The Kier molecular flexibility index (Phi) is 2.87. The Balaban J connectivity index is 2.42. The number of anilines is 1. The highest BCUT2D eigenvalue weighted by Crippen LogP contribution is 2.22. The van der Waals surface area contributed by atoms with E-state index in [0.717, 1.165) is 17.0 Å². The number of aryl methyl sites for hydroxylation is 1. The second-order valence-electron chi connectivity index (χ2n) is 3.54. The van der Waals surface area contributed by atoms with Crippen molar-refractivity contribution < 1.29 is 5.11 Å². The van der Waals surface area contributed by atoms with E-state index in [0.29, 0.717) is 12.4 Å². The highest BCUT2D eigenvalue weighted by molar-refractivity contribution is 5.64. The van der Waals surface area contributed by atoms with Crippen LogP contribution in [0.2, 0.25) is 0 Å². The molecule has 0 radical (unpaired) electrons. The lowest BCUT2D eigenvalue weighted by atomic mass is 10.1. The number of aliphatic hydroxyl groups excluding tert-OH is 1. The molecule has 5 heteroatoms. The predicted molar refractivity (Wildman–Crippen MR) is 61.7 cm³/mol. The molecule has 0 saturated carbocycles. The Hall–Kier alpha value is -1.88. The molecule has 2 heterocycles. The molecule has 2 rings (SSSR count). The van der Waals surface area contributed by atoms with Gasteiger partial charge in [-0.15, -0.1) is 0 Å². The van der Waals surface area contributed by atoms with E-state index >= 15 is 0 Å². The van der Waals surface area contributed by atoms with Crippen LogP contribution in [0.4, 0.5) is 5.82 Å². The average Bonchev–Trinajstić information content (AvgIpc) is 2.61. The van der Waals surface area contributed by atoms with Gasteiger partial charge in [0.2, 0.25) is 0 Å². The summed E-state index contributed by atoms with van der Waals surface area (Å²) in [5, 5.41) is 13.2. The smallest absolute Gasteiger partial charge is 0.122 e. The highest BCUT2D eigenvalue weighted by Gasteiger charge is 2.08. The molecule has 84 valence electrons. The summed E-state index contributed by atoms with van der Waals surface area (Å²) in [5.41, 5.74) is 8.45. The molecular weight excluding hydrogens is 204 g/mol. The Morgan fingerprint density at radius 3 is 3.00 bits per heavy atom. The molecule has 0 aromatic carbocycles. The molecule has 5 nitrogen and oxygen atoms in total. The van der Waals surface area contributed by atoms with Crippen LogP contribution < -0.4 is 5.73 Å². The zero-order valence-corrected chi connectivity index (χ0v) is 9.09. The predicted octanol–water partition coefficient (Wildman–Crippen LogP) is 0.828. The summed E-state index contributed by atoms with van der Waals surface area (Å²) in [6.45, 7) is 2.36. The highest BCUT2D eigenvalue weighted by atomic mass is 16.3. The lowest BCUT2D eigenvalue weighted by molar-refractivity contribution is 0.270. The number of nitrogen functional groups attached to an aromatic ring is 1. The third kappa shape index (κ3) is 1.90. The Morgan fingerprint density at radius 1 is 1.50 bits per heavy atom. The maximum absolute atomic E-state index is 8.85. The molecule has 3 N–H and O–H groups in total. The van der Waals surface area contributed by atoms with E-state index in [9.17, 15) is 0 Å². The van der Waals surface area contributed by atoms with Crippen molar-refractivity contribution in [1.29, 1.82) is 0 Å². The van der Waals surface area contributed by atoms with Gasteiger partial charge >= 0.3 is 0 Å². The number of nitrogens with zero attached hydrogens (tertiary/aromatic N) is 3. The van der Waals surface area contributed by atoms with E-state index in [1.807, 2.05) is 19.1 Å². The lowest BCUT2D eigenvalue weighted by Gasteiger charge is -2.00. The first-order valence-electron chi connectivity index (χ1n) is 5.08. The van der Waals surface area contributed by atoms with Crippen molar-refractivity contribution in [3.63, 3.8) is 0 Å². The number of rotatable bonds is 3. The fraction of sp³-hybridized carbons (Fsp3) is 0.273. The molecule has 0 aliphatic carbocycles. The molecule has 0 fully saturated rings. The largest absolute Gasteiger partial charge is 0.394 e. The van der Waals surface area contributed by atoms with E-state index in [4.69, 9.17) is 10.8 Å². The Bertz CT molecular complexity index is 492. The molecule has 2 aromatic heterocycles. The third-order valence-electron chi connectivity index (χ3n) is 2.41. The monoisotopic (exact) mass is 218 g/mol. The first kappa shape index (κ1) is 10.6. The van der Waals surface area contributed by atoms with E-state index in [1.54, 1.807) is 16.9 Å². The molecule has 0 aliphatic heterocycles. The number of aromatic nitrogens is 3. The number of hydrogen-bond acceptors (Lipinski definition) is 4. The van der Waals surface area contributed by atoms with Crippen LogP contribution in [0.3, 0.4) is 0 Å². The minimum Gasteiger partial charge on any atom is -0.394 e. The molecule has 16 heavy (non-hydrogen) atoms. The number of pyridine rings is 1. The van der Waals surface area contributed by atoms with Gasteiger partial charge in [0.15, 0.2) is 0 Å². The molecular formula is C11H14N4O. The SMILES string of the molecule is Cc1ncccc1-c1cc(N)n(CCO)n1. The summed E-state index contributed by atoms with van der Waals surface area (Å²) in [6.07, 6.45) is 1.74. The Labute approximate surface area is 93.5 Å². The second-order valence-corrected chi connectivity index (χ2v) is 3.54. The van der Waals surface area contributed by atoms with Crippen LogP contribution in [0.5, 0.6) is 0 Å². The number of nitrogens with two attached hydrogens (primary N) is 1. The molecule has 0 spiro atoms. The van der Waals surface area contributed by atoms with Gasteiger partial charge in [-0.1, -0.05) is 0 Å². The molecule has 0 saturated heterocycles. The number of hydrogen-bond donors (Lipinski definition) is 2. The van der Waals surface area contributed by atoms with Crippen molar-refractivity contribution in [2.45, 2.75) is 13.5 Å². The summed E-state index contributed by atoms with van der Waals surface area (Å²) in [4.78, 5) is 4.20. The maximum Gasteiger partial charge on any atom is 0.122 e. The fourth-order valence-electron chi connectivity index (χ4n) is 1.59. The van der Waals surface area contributed by atoms with Gasteiger partial charge in [-0.2, -0.15) is 5.10 Å². The van der Waals surface area contributed by atoms with E-state index in [-0.39, 0.29) is 6.61 Å². The molecule has 0 atom stereocenters. The quantitative estimate of drug-likeness (QED) is 0.800. The minimum atomic E-state index is 0.0251. The lowest BCUT2D eigenvalue weighted by Crippen LogP contribution is -2.07. The van der Waals surface area contributed by atoms with Crippen molar-refractivity contribution >= 4 is 5.82 Å². The summed E-state index contributed by atoms with van der Waals surface area (Å²) < 4.78 is 1.59. The van der Waals surface area contributed by atoms with Gasteiger partial charge in [0, 0.05) is 23.5 Å². The number of aliphatic hydroxyl groups is 1. The van der Waals surface area contributed by atoms with E-state index in [1.165, 1.54) is 0 Å². The van der Waals surface area contributed by atoms with Crippen molar-refractivity contribution in [2.24, 2.45) is 0 Å². The van der Waals surface area contributed by atoms with Crippen LogP contribution in [-0.4, -0.2) is 26.5 Å². The van der Waals surface area contributed by atoms with Gasteiger partial charge in [0.1, 0.15) is 5.82 Å². The second kappa shape index (κ2) is 4.32. The van der Waals surface area contributed by atoms with Crippen molar-refractivity contribution in [3.8, 4) is 11.3 Å². The van der Waals surface area contributed by atoms with Crippen LogP contribution >= 0.6 is 0 Å². The summed E-state index contributed by atoms with van der Waals surface area (Å²) in [6, 6.07) is 5.61. The zero-order chi connectivity index (χ0) is 11.5. The van der Waals surface area contributed by atoms with Crippen LogP contribution in [0.25, 0.3) is 11.3 Å². The summed E-state index contributed by atoms with van der Waals surface area (Å²) in [5.74, 6) is 0.548. The molecule has 0 amide bonds. The van der Waals surface area contributed by atoms with Crippen molar-refractivity contribution in [1.82, 2.24) is 14.8 Å². The Morgan fingerprint density at radius 2 is 2.31 bits per heavy atom. The van der Waals surface area contributed by atoms with Crippen LogP contribution in [0.15, 0.2) is 24.4 Å². The van der Waals surface area contributed by atoms with Crippen molar-refractivity contribution in [2.75, 3.05) is 12.3 Å². The summed E-state index contributed by atoms with van der Waals surface area (Å²) >= 11 is 0. The fourth-order valence-corrected chi connectivity index (χ4v) is 1.59. The first-order chi connectivity index (χ1) is 7.72. The summed E-state index contributed by atoms with van der Waals surface area (Å²) in [7, 11) is 0. The van der Waals surface area contributed by atoms with Gasteiger partial charge in [0.25, 0.3) is 0 Å². The third-order valence-corrected chi connectivity index (χ3v) is 2.41. The van der Waals surface area contributed by atoms with Gasteiger partial charge < -0.3 is 10.8 Å². The van der Waals surface area contributed by atoms with Crippen LogP contribution in [-0.2, 0) is 6.54 Å². The molecule has 0 unspecified atom stereocenters. The first-order valence-corrected chi connectivity index (χ1v) is 5.08. The van der Waals surface area contributed by atoms with Gasteiger partial charge in [0.05, 0.1) is 18.8 Å². The molecule has 0 bridgehead atoms. The molecule has 0 aliphatic rings. The average molecular weight is 218 g/mol. The van der Waals surface area contributed by atoms with Gasteiger partial charge in [-0.25, -0.2) is 4.68 Å². The van der Waals surface area contributed by atoms with Crippen molar-refractivity contribution in [3.05, 3.63) is 30.1 Å². The van der Waals surface area contributed by atoms with E-state index in [2.05, 4.69) is 10.1 Å². The van der Waals surface area contributed by atoms with Crippen LogP contribution in [0, 0.1) is 6.92 Å². The van der Waals surface area contributed by atoms with Gasteiger partial charge in [-0.05, 0) is 19.1 Å². The van der Waals surface area contributed by atoms with Crippen LogP contribution in [0.1, 0.15) is 5.69 Å². The minimum absolute atomic E-state index is 0.0251. The zero-order valence-electron chi connectivity index (χ0n) is 9.09. The normalized spacial score (nSPS) is 10.6. The van der Waals surface area contributed by atoms with E-state index < -0.39 is 0 Å². The maximum atomic E-state index is 8.85. The topological polar surface area (TPSA) is 77.0 Å². The molecule has 2 aromatic rings.